The monoisotopic (exact) mass is 302 g/mol. The molecule has 22 heavy (non-hydrogen) atoms. The second-order valence-electron chi connectivity index (χ2n) is 4.43. The number of aliphatic hydroxyl groups is 1. The van der Waals surface area contributed by atoms with Crippen molar-refractivity contribution >= 4 is 24.0 Å². The number of allylic oxidation sites excluding steroid dienone is 1. The minimum absolute atomic E-state index is 0.121. The maximum absolute atomic E-state index is 12.1. The topological polar surface area (TPSA) is 96.3 Å². The van der Waals surface area contributed by atoms with E-state index in [0.29, 0.717) is 5.01 Å². The third-order valence-corrected chi connectivity index (χ3v) is 2.96. The summed E-state index contributed by atoms with van der Waals surface area (Å²) in [4.78, 5) is 35.8. The van der Waals surface area contributed by atoms with Crippen LogP contribution in [0.3, 0.4) is 0 Å². The molecule has 0 aliphatic carbocycles. The van der Waals surface area contributed by atoms with Crippen LogP contribution in [0.4, 0.5) is 0 Å². The maximum Gasteiger partial charge on any atom is 0.343 e. The molecule has 2 amide bonds. The van der Waals surface area contributed by atoms with Crippen LogP contribution in [0.15, 0.2) is 40.7 Å². The van der Waals surface area contributed by atoms with Crippen LogP contribution in [0, 0.1) is 0 Å². The molecule has 0 bridgehead atoms. The van der Waals surface area contributed by atoms with Crippen molar-refractivity contribution in [3.05, 3.63) is 46.7 Å². The normalized spacial score (nSPS) is 15.1. The first kappa shape index (κ1) is 15.4. The molecule has 1 aromatic carbocycles. The highest BCUT2D eigenvalue weighted by Gasteiger charge is 2.35. The Morgan fingerprint density at radius 3 is 2.27 bits per heavy atom. The van der Waals surface area contributed by atoms with E-state index in [-0.39, 0.29) is 29.1 Å². The highest BCUT2D eigenvalue weighted by molar-refractivity contribution is 6.21. The first-order chi connectivity index (χ1) is 10.5. The van der Waals surface area contributed by atoms with E-state index in [9.17, 15) is 19.5 Å². The number of carbonyl (C=O) groups is 3. The Morgan fingerprint density at radius 1 is 1.27 bits per heavy atom. The van der Waals surface area contributed by atoms with Gasteiger partial charge in [-0.25, -0.2) is 4.79 Å². The Morgan fingerprint density at radius 2 is 1.82 bits per heavy atom. The number of benzene rings is 1. The van der Waals surface area contributed by atoms with Crippen LogP contribution in [0.5, 0.6) is 0 Å². The van der Waals surface area contributed by atoms with Crippen molar-refractivity contribution in [2.24, 2.45) is 5.10 Å². The number of imide groups is 1. The summed E-state index contributed by atoms with van der Waals surface area (Å²) in [6, 6.07) is 6.31. The number of aliphatic hydroxyl groups excluding tert-OH is 1. The number of carbonyl (C=O) groups excluding carboxylic acids is 3. The molecule has 0 spiro atoms. The summed E-state index contributed by atoms with van der Waals surface area (Å²) < 4.78 is 4.76. The molecular formula is C15H14N2O5. The Bertz CT molecular complexity index is 667. The molecule has 1 heterocycles. The molecule has 7 nitrogen and oxygen atoms in total. The number of hydrazone groups is 1. The van der Waals surface area contributed by atoms with Crippen molar-refractivity contribution < 1.29 is 24.2 Å². The standard InChI is InChI=1S/C15H14N2O5/c1-3-22-15(21)12(9(2)18)8-16-17-13(19)10-6-4-5-7-11(10)14(17)20/h4-8,18H,3H2,1-2H3. The number of hydrogen-bond acceptors (Lipinski definition) is 6. The molecule has 1 aliphatic heterocycles. The fourth-order valence-electron chi connectivity index (χ4n) is 1.90. The minimum atomic E-state index is -0.789. The molecule has 7 heteroatoms. The number of fused-ring (bicyclic) bond motifs is 1. The molecule has 114 valence electrons. The summed E-state index contributed by atoms with van der Waals surface area (Å²) >= 11 is 0. The van der Waals surface area contributed by atoms with Gasteiger partial charge in [0.15, 0.2) is 0 Å². The number of ether oxygens (including phenoxy) is 1. The minimum Gasteiger partial charge on any atom is -0.512 e. The lowest BCUT2D eigenvalue weighted by Gasteiger charge is -2.07. The molecule has 0 saturated heterocycles. The second kappa shape index (κ2) is 6.21. The van der Waals surface area contributed by atoms with Gasteiger partial charge in [-0.15, -0.1) is 0 Å². The van der Waals surface area contributed by atoms with Crippen molar-refractivity contribution in [1.29, 1.82) is 0 Å². The van der Waals surface area contributed by atoms with Crippen LogP contribution >= 0.6 is 0 Å². The lowest BCUT2D eigenvalue weighted by Crippen LogP contribution is -2.24. The van der Waals surface area contributed by atoms with Gasteiger partial charge in [-0.3, -0.25) is 9.59 Å². The van der Waals surface area contributed by atoms with Crippen molar-refractivity contribution in [1.82, 2.24) is 5.01 Å². The van der Waals surface area contributed by atoms with Gasteiger partial charge in [0.25, 0.3) is 11.8 Å². The molecule has 0 radical (unpaired) electrons. The zero-order chi connectivity index (χ0) is 16.3. The fourth-order valence-corrected chi connectivity index (χ4v) is 1.90. The van der Waals surface area contributed by atoms with Crippen LogP contribution in [-0.4, -0.2) is 40.7 Å². The largest absolute Gasteiger partial charge is 0.512 e. The SMILES string of the molecule is CCOC(=O)C(C=NN1C(=O)c2ccccc2C1=O)=C(C)O. The highest BCUT2D eigenvalue weighted by atomic mass is 16.5. The number of nitrogens with zero attached hydrogens (tertiary/aromatic N) is 2. The first-order valence-corrected chi connectivity index (χ1v) is 6.56. The van der Waals surface area contributed by atoms with Gasteiger partial charge in [-0.2, -0.15) is 10.1 Å². The number of amides is 2. The fraction of sp³-hybridized carbons (Fsp3) is 0.200. The van der Waals surface area contributed by atoms with Crippen LogP contribution < -0.4 is 0 Å². The molecule has 0 fully saturated rings. The van der Waals surface area contributed by atoms with Gasteiger partial charge in [0, 0.05) is 0 Å². The summed E-state index contributed by atoms with van der Waals surface area (Å²) in [5.74, 6) is -2.28. The smallest absolute Gasteiger partial charge is 0.343 e. The van der Waals surface area contributed by atoms with E-state index in [2.05, 4.69) is 5.10 Å². The van der Waals surface area contributed by atoms with E-state index in [4.69, 9.17) is 4.74 Å². The molecular weight excluding hydrogens is 288 g/mol. The molecule has 0 aromatic heterocycles. The Balaban J connectivity index is 2.28. The van der Waals surface area contributed by atoms with Crippen LogP contribution in [-0.2, 0) is 9.53 Å². The van der Waals surface area contributed by atoms with Crippen LogP contribution in [0.25, 0.3) is 0 Å². The van der Waals surface area contributed by atoms with Gasteiger partial charge < -0.3 is 9.84 Å². The van der Waals surface area contributed by atoms with Gasteiger partial charge >= 0.3 is 5.97 Å². The molecule has 0 unspecified atom stereocenters. The second-order valence-corrected chi connectivity index (χ2v) is 4.43. The average Bonchev–Trinajstić information content (AvgIpc) is 2.72. The Kier molecular flexibility index (Phi) is 4.36. The molecule has 1 N–H and O–H groups in total. The summed E-state index contributed by atoms with van der Waals surface area (Å²) in [6.45, 7) is 3.01. The number of hydrogen-bond donors (Lipinski definition) is 1. The van der Waals surface area contributed by atoms with Crippen LogP contribution in [0.1, 0.15) is 34.6 Å². The lowest BCUT2D eigenvalue weighted by atomic mass is 10.1. The summed E-state index contributed by atoms with van der Waals surface area (Å²) in [6.07, 6.45) is 0.939. The third kappa shape index (κ3) is 2.73. The summed E-state index contributed by atoms with van der Waals surface area (Å²) in [5.41, 5.74) is 0.262. The van der Waals surface area contributed by atoms with Crippen molar-refractivity contribution in [2.75, 3.05) is 6.61 Å². The van der Waals surface area contributed by atoms with Gasteiger partial charge in [0.2, 0.25) is 0 Å². The molecule has 1 aromatic rings. The van der Waals surface area contributed by atoms with Gasteiger partial charge in [-0.1, -0.05) is 12.1 Å². The predicted molar refractivity (Wildman–Crippen MR) is 77.4 cm³/mol. The van der Waals surface area contributed by atoms with E-state index in [1.165, 1.54) is 19.1 Å². The van der Waals surface area contributed by atoms with E-state index in [1.807, 2.05) is 0 Å². The summed E-state index contributed by atoms with van der Waals surface area (Å²) in [7, 11) is 0. The average molecular weight is 302 g/mol. The zero-order valence-electron chi connectivity index (χ0n) is 12.1. The van der Waals surface area contributed by atoms with Crippen LogP contribution in [0.2, 0.25) is 0 Å². The van der Waals surface area contributed by atoms with E-state index >= 15 is 0 Å². The molecule has 2 rings (SSSR count). The zero-order valence-corrected chi connectivity index (χ0v) is 12.1. The van der Waals surface area contributed by atoms with E-state index in [0.717, 1.165) is 6.21 Å². The Labute approximate surface area is 126 Å². The van der Waals surface area contributed by atoms with Gasteiger partial charge in [0.1, 0.15) is 11.3 Å². The maximum atomic E-state index is 12.1. The first-order valence-electron chi connectivity index (χ1n) is 6.56. The predicted octanol–water partition coefficient (Wildman–Crippen LogP) is 1.66. The van der Waals surface area contributed by atoms with Crippen molar-refractivity contribution in [3.8, 4) is 0 Å². The van der Waals surface area contributed by atoms with E-state index < -0.39 is 17.8 Å². The number of esters is 1. The van der Waals surface area contributed by atoms with Crippen molar-refractivity contribution in [2.45, 2.75) is 13.8 Å². The number of rotatable bonds is 4. The molecule has 1 aliphatic rings. The van der Waals surface area contributed by atoms with Crippen molar-refractivity contribution in [3.63, 3.8) is 0 Å². The Hall–Kier alpha value is -2.96. The molecule has 0 atom stereocenters. The van der Waals surface area contributed by atoms with Gasteiger partial charge in [0.05, 0.1) is 23.9 Å². The summed E-state index contributed by atoms with van der Waals surface area (Å²) in [5, 5.41) is 13.8. The lowest BCUT2D eigenvalue weighted by molar-refractivity contribution is -0.138. The van der Waals surface area contributed by atoms with Gasteiger partial charge in [-0.05, 0) is 26.0 Å². The molecule has 0 saturated carbocycles. The third-order valence-electron chi connectivity index (χ3n) is 2.96. The quantitative estimate of drug-likeness (QED) is 0.300. The van der Waals surface area contributed by atoms with E-state index in [1.54, 1.807) is 19.1 Å². The highest BCUT2D eigenvalue weighted by Crippen LogP contribution is 2.22.